The predicted molar refractivity (Wildman–Crippen MR) is 53.4 cm³/mol. The number of rotatable bonds is 2. The fraction of sp³-hybridized carbons (Fsp3) is 0.222. The number of ether oxygens (including phenoxy) is 1. The number of hydrogen-bond acceptors (Lipinski definition) is 5. The summed E-state index contributed by atoms with van der Waals surface area (Å²) < 4.78 is 5.76. The van der Waals surface area contributed by atoms with E-state index in [-0.39, 0.29) is 5.69 Å². The number of thiophene rings is 1. The zero-order valence-electron chi connectivity index (χ0n) is 7.56. The van der Waals surface area contributed by atoms with Crippen LogP contribution in [0.2, 0.25) is 0 Å². The molecule has 0 aliphatic carbocycles. The van der Waals surface area contributed by atoms with E-state index < -0.39 is 5.97 Å². The highest BCUT2D eigenvalue weighted by molar-refractivity contribution is 7.17. The molecular formula is C9H8N2O2S. The molecule has 0 N–H and O–H groups in total. The second-order valence-corrected chi connectivity index (χ2v) is 3.57. The van der Waals surface area contributed by atoms with Crippen molar-refractivity contribution in [2.75, 3.05) is 6.61 Å². The molecule has 0 spiro atoms. The normalized spacial score (nSPS) is 10.4. The quantitative estimate of drug-likeness (QED) is 0.707. The lowest BCUT2D eigenvalue weighted by Crippen LogP contribution is -2.07. The SMILES string of the molecule is CCOC(=O)c1cc2sccc2nn1. The number of hydrogen-bond donors (Lipinski definition) is 0. The van der Waals surface area contributed by atoms with Gasteiger partial charge in [0.25, 0.3) is 0 Å². The summed E-state index contributed by atoms with van der Waals surface area (Å²) in [6.07, 6.45) is 0. The van der Waals surface area contributed by atoms with Crippen molar-refractivity contribution >= 4 is 27.5 Å². The molecule has 0 aliphatic heterocycles. The molecule has 0 saturated carbocycles. The minimum Gasteiger partial charge on any atom is -0.461 e. The Morgan fingerprint density at radius 3 is 3.21 bits per heavy atom. The number of carbonyl (C=O) groups is 1. The lowest BCUT2D eigenvalue weighted by atomic mass is 10.3. The highest BCUT2D eigenvalue weighted by atomic mass is 32.1. The van der Waals surface area contributed by atoms with Gasteiger partial charge in [0.2, 0.25) is 0 Å². The van der Waals surface area contributed by atoms with Gasteiger partial charge < -0.3 is 4.74 Å². The van der Waals surface area contributed by atoms with E-state index >= 15 is 0 Å². The lowest BCUT2D eigenvalue weighted by Gasteiger charge is -1.98. The van der Waals surface area contributed by atoms with Crippen molar-refractivity contribution in [1.29, 1.82) is 0 Å². The molecule has 72 valence electrons. The Labute approximate surface area is 84.5 Å². The molecule has 4 nitrogen and oxygen atoms in total. The first-order valence-corrected chi connectivity index (χ1v) is 5.07. The highest BCUT2D eigenvalue weighted by Gasteiger charge is 2.09. The summed E-state index contributed by atoms with van der Waals surface area (Å²) in [4.78, 5) is 11.3. The molecule has 0 unspecified atom stereocenters. The van der Waals surface area contributed by atoms with Crippen LogP contribution in [0.3, 0.4) is 0 Å². The fourth-order valence-electron chi connectivity index (χ4n) is 1.07. The van der Waals surface area contributed by atoms with Crippen molar-refractivity contribution in [3.8, 4) is 0 Å². The van der Waals surface area contributed by atoms with Gasteiger partial charge in [0.15, 0.2) is 5.69 Å². The topological polar surface area (TPSA) is 52.1 Å². The Kier molecular flexibility index (Phi) is 2.41. The second-order valence-electron chi connectivity index (χ2n) is 2.62. The van der Waals surface area contributed by atoms with Crippen LogP contribution in [0.5, 0.6) is 0 Å². The Morgan fingerprint density at radius 1 is 1.57 bits per heavy atom. The first-order chi connectivity index (χ1) is 6.81. The summed E-state index contributed by atoms with van der Waals surface area (Å²) in [5.74, 6) is -0.421. The van der Waals surface area contributed by atoms with Gasteiger partial charge in [-0.1, -0.05) is 0 Å². The van der Waals surface area contributed by atoms with Gasteiger partial charge in [-0.05, 0) is 24.4 Å². The molecule has 2 rings (SSSR count). The van der Waals surface area contributed by atoms with Gasteiger partial charge in [0.1, 0.15) is 5.52 Å². The minimum atomic E-state index is -0.421. The van der Waals surface area contributed by atoms with Crippen molar-refractivity contribution in [2.45, 2.75) is 6.92 Å². The summed E-state index contributed by atoms with van der Waals surface area (Å²) in [5, 5.41) is 9.59. The molecule has 0 saturated heterocycles. The molecular weight excluding hydrogens is 200 g/mol. The van der Waals surface area contributed by atoms with Gasteiger partial charge in [-0.2, -0.15) is 0 Å². The summed E-state index contributed by atoms with van der Waals surface area (Å²) in [6, 6.07) is 3.56. The predicted octanol–water partition coefficient (Wildman–Crippen LogP) is 1.87. The molecule has 2 aromatic heterocycles. The maximum Gasteiger partial charge on any atom is 0.358 e. The summed E-state index contributed by atoms with van der Waals surface area (Å²) in [5.41, 5.74) is 1.07. The van der Waals surface area contributed by atoms with Gasteiger partial charge >= 0.3 is 5.97 Å². The van der Waals surface area contributed by atoms with Crippen LogP contribution in [-0.4, -0.2) is 22.8 Å². The van der Waals surface area contributed by atoms with E-state index in [4.69, 9.17) is 4.74 Å². The minimum absolute atomic E-state index is 0.266. The maximum absolute atomic E-state index is 11.3. The zero-order valence-corrected chi connectivity index (χ0v) is 8.37. The molecule has 5 heteroatoms. The number of carbonyl (C=O) groups excluding carboxylic acids is 1. The van der Waals surface area contributed by atoms with Gasteiger partial charge in [-0.25, -0.2) is 4.79 Å². The average molecular weight is 208 g/mol. The Morgan fingerprint density at radius 2 is 2.43 bits per heavy atom. The van der Waals surface area contributed by atoms with Crippen molar-refractivity contribution in [2.24, 2.45) is 0 Å². The standard InChI is InChI=1S/C9H8N2O2S/c1-2-13-9(12)7-5-8-6(10-11-7)3-4-14-8/h3-5H,2H2,1H3. The van der Waals surface area contributed by atoms with Crippen molar-refractivity contribution in [3.05, 3.63) is 23.2 Å². The van der Waals surface area contributed by atoms with Crippen molar-refractivity contribution in [1.82, 2.24) is 10.2 Å². The van der Waals surface area contributed by atoms with Gasteiger partial charge in [0.05, 0.1) is 11.3 Å². The molecule has 0 fully saturated rings. The lowest BCUT2D eigenvalue weighted by molar-refractivity contribution is 0.0518. The van der Waals surface area contributed by atoms with Crippen LogP contribution in [0.1, 0.15) is 17.4 Å². The summed E-state index contributed by atoms with van der Waals surface area (Å²) >= 11 is 1.53. The first-order valence-electron chi connectivity index (χ1n) is 4.19. The van der Waals surface area contributed by atoms with Crippen LogP contribution < -0.4 is 0 Å². The Bertz CT molecular complexity index is 467. The zero-order chi connectivity index (χ0) is 9.97. The van der Waals surface area contributed by atoms with E-state index in [9.17, 15) is 4.79 Å². The number of esters is 1. The third-order valence-electron chi connectivity index (χ3n) is 1.69. The van der Waals surface area contributed by atoms with Crippen LogP contribution in [0.15, 0.2) is 17.5 Å². The highest BCUT2D eigenvalue weighted by Crippen LogP contribution is 2.18. The average Bonchev–Trinajstić information content (AvgIpc) is 2.64. The maximum atomic E-state index is 11.3. The molecule has 14 heavy (non-hydrogen) atoms. The molecule has 0 radical (unpaired) electrons. The smallest absolute Gasteiger partial charge is 0.358 e. The van der Waals surface area contributed by atoms with Crippen molar-refractivity contribution < 1.29 is 9.53 Å². The molecule has 2 heterocycles. The van der Waals surface area contributed by atoms with E-state index in [0.717, 1.165) is 10.2 Å². The second kappa shape index (κ2) is 3.71. The fourth-order valence-corrected chi connectivity index (χ4v) is 1.82. The number of aromatic nitrogens is 2. The van der Waals surface area contributed by atoms with E-state index in [0.29, 0.717) is 6.61 Å². The third kappa shape index (κ3) is 1.58. The molecule has 0 amide bonds. The summed E-state index contributed by atoms with van der Waals surface area (Å²) in [7, 11) is 0. The van der Waals surface area contributed by atoms with Gasteiger partial charge in [-0.3, -0.25) is 0 Å². The first kappa shape index (κ1) is 9.08. The van der Waals surface area contributed by atoms with E-state index in [2.05, 4.69) is 10.2 Å². The van der Waals surface area contributed by atoms with Crippen LogP contribution in [0, 0.1) is 0 Å². The Hall–Kier alpha value is -1.49. The van der Waals surface area contributed by atoms with Crippen LogP contribution in [-0.2, 0) is 4.74 Å². The van der Waals surface area contributed by atoms with E-state index in [1.54, 1.807) is 13.0 Å². The number of nitrogens with zero attached hydrogens (tertiary/aromatic N) is 2. The van der Waals surface area contributed by atoms with E-state index in [1.807, 2.05) is 11.4 Å². The molecule has 0 aliphatic rings. The van der Waals surface area contributed by atoms with Crippen LogP contribution in [0.25, 0.3) is 10.2 Å². The third-order valence-corrected chi connectivity index (χ3v) is 2.54. The Balaban J connectivity index is 2.38. The molecule has 0 atom stereocenters. The molecule has 0 aromatic carbocycles. The van der Waals surface area contributed by atoms with E-state index in [1.165, 1.54) is 11.3 Å². The monoisotopic (exact) mass is 208 g/mol. The van der Waals surface area contributed by atoms with Gasteiger partial charge in [-0.15, -0.1) is 21.5 Å². The van der Waals surface area contributed by atoms with Crippen molar-refractivity contribution in [3.63, 3.8) is 0 Å². The molecule has 2 aromatic rings. The number of fused-ring (bicyclic) bond motifs is 1. The van der Waals surface area contributed by atoms with Crippen LogP contribution >= 0.6 is 11.3 Å². The molecule has 0 bridgehead atoms. The van der Waals surface area contributed by atoms with Gasteiger partial charge in [0, 0.05) is 0 Å². The van der Waals surface area contributed by atoms with Crippen LogP contribution in [0.4, 0.5) is 0 Å². The largest absolute Gasteiger partial charge is 0.461 e. The summed E-state index contributed by atoms with van der Waals surface area (Å²) in [6.45, 7) is 2.11.